The smallest absolute Gasteiger partial charge is 0.186 e. The van der Waals surface area contributed by atoms with Crippen LogP contribution in [0.4, 0.5) is 5.13 Å². The van der Waals surface area contributed by atoms with E-state index in [1.54, 1.807) is 11.3 Å². The fourth-order valence-corrected chi connectivity index (χ4v) is 3.97. The van der Waals surface area contributed by atoms with Crippen LogP contribution < -0.4 is 4.90 Å². The Morgan fingerprint density at radius 3 is 2.84 bits per heavy atom. The molecular weight excluding hydrogens is 256 g/mol. The van der Waals surface area contributed by atoms with Gasteiger partial charge in [0.2, 0.25) is 0 Å². The molecule has 1 aliphatic heterocycles. The minimum atomic E-state index is 0.319. The predicted molar refractivity (Wildman–Crippen MR) is 81.5 cm³/mol. The summed E-state index contributed by atoms with van der Waals surface area (Å²) in [5, 5.41) is 1.06. The third-order valence-electron chi connectivity index (χ3n) is 3.82. The van der Waals surface area contributed by atoms with Crippen LogP contribution in [0.2, 0.25) is 0 Å². The van der Waals surface area contributed by atoms with Gasteiger partial charge in [0.25, 0.3) is 0 Å². The van der Waals surface area contributed by atoms with Crippen LogP contribution in [0.25, 0.3) is 0 Å². The van der Waals surface area contributed by atoms with Crippen LogP contribution >= 0.6 is 11.3 Å². The van der Waals surface area contributed by atoms with Crippen molar-refractivity contribution in [2.75, 3.05) is 11.4 Å². The zero-order valence-electron chi connectivity index (χ0n) is 12.2. The maximum Gasteiger partial charge on any atom is 0.186 e. The Hall–Kier alpha value is -0.900. The molecule has 106 valence electrons. The number of anilines is 1. The van der Waals surface area contributed by atoms with Gasteiger partial charge in [-0.15, -0.1) is 0 Å². The summed E-state index contributed by atoms with van der Waals surface area (Å²) in [4.78, 5) is 19.2. The Bertz CT molecular complexity index is 426. The number of hydrogen-bond donors (Lipinski definition) is 0. The minimum Gasteiger partial charge on any atom is -0.345 e. The Kier molecular flexibility index (Phi) is 4.97. The maximum atomic E-state index is 11.2. The van der Waals surface area contributed by atoms with E-state index in [4.69, 9.17) is 4.98 Å². The van der Waals surface area contributed by atoms with E-state index in [1.165, 1.54) is 32.1 Å². The molecule has 2 heterocycles. The van der Waals surface area contributed by atoms with Crippen LogP contribution in [0.1, 0.15) is 74.2 Å². The molecule has 1 aliphatic rings. The molecule has 1 atom stereocenters. The molecule has 0 amide bonds. The largest absolute Gasteiger partial charge is 0.345 e. The van der Waals surface area contributed by atoms with Gasteiger partial charge in [-0.05, 0) is 31.6 Å². The number of carbonyl (C=O) groups excluding carboxylic acids is 1. The lowest BCUT2D eigenvalue weighted by molar-refractivity contribution is 0.112. The molecule has 1 aromatic heterocycles. The molecular formula is C15H24N2OS. The normalized spacial score (nSPS) is 20.0. The maximum absolute atomic E-state index is 11.2. The Morgan fingerprint density at radius 1 is 1.47 bits per heavy atom. The first-order chi connectivity index (χ1) is 9.17. The summed E-state index contributed by atoms with van der Waals surface area (Å²) in [5.74, 6) is 0.319. The van der Waals surface area contributed by atoms with Crippen molar-refractivity contribution in [3.05, 3.63) is 10.6 Å². The molecule has 0 N–H and O–H groups in total. The van der Waals surface area contributed by atoms with E-state index in [1.807, 2.05) is 0 Å². The van der Waals surface area contributed by atoms with Crippen molar-refractivity contribution in [2.45, 2.75) is 64.8 Å². The summed E-state index contributed by atoms with van der Waals surface area (Å²) in [5.41, 5.74) is 0.968. The van der Waals surface area contributed by atoms with Crippen LogP contribution in [0.3, 0.4) is 0 Å². The summed E-state index contributed by atoms with van der Waals surface area (Å²) in [6.45, 7) is 7.54. The highest BCUT2D eigenvalue weighted by Gasteiger charge is 2.26. The second-order valence-corrected chi connectivity index (χ2v) is 6.66. The molecule has 1 fully saturated rings. The summed E-state index contributed by atoms with van der Waals surface area (Å²) in [6, 6.07) is 0.615. The summed E-state index contributed by atoms with van der Waals surface area (Å²) >= 11 is 1.57. The zero-order chi connectivity index (χ0) is 13.8. The topological polar surface area (TPSA) is 33.2 Å². The molecule has 0 radical (unpaired) electrons. The van der Waals surface area contributed by atoms with E-state index < -0.39 is 0 Å². The Labute approximate surface area is 120 Å². The molecule has 4 heteroatoms. The summed E-state index contributed by atoms with van der Waals surface area (Å²) in [6.07, 6.45) is 7.24. The van der Waals surface area contributed by atoms with E-state index in [0.29, 0.717) is 12.0 Å². The van der Waals surface area contributed by atoms with E-state index in [9.17, 15) is 4.79 Å². The molecule has 1 saturated heterocycles. The fourth-order valence-electron chi connectivity index (χ4n) is 2.84. The molecule has 2 rings (SSSR count). The lowest BCUT2D eigenvalue weighted by Gasteiger charge is -2.35. The second kappa shape index (κ2) is 6.51. The number of rotatable bonds is 5. The Balaban J connectivity index is 2.26. The highest BCUT2D eigenvalue weighted by Crippen LogP contribution is 2.34. The lowest BCUT2D eigenvalue weighted by atomic mass is 9.99. The van der Waals surface area contributed by atoms with Crippen LogP contribution in [0, 0.1) is 0 Å². The monoisotopic (exact) mass is 280 g/mol. The van der Waals surface area contributed by atoms with Crippen molar-refractivity contribution < 1.29 is 4.79 Å². The third kappa shape index (κ3) is 3.16. The molecule has 1 aromatic rings. The van der Waals surface area contributed by atoms with Gasteiger partial charge in [-0.2, -0.15) is 0 Å². The van der Waals surface area contributed by atoms with Crippen LogP contribution in [-0.4, -0.2) is 23.9 Å². The number of carbonyl (C=O) groups is 1. The van der Waals surface area contributed by atoms with Gasteiger partial charge in [0.1, 0.15) is 0 Å². The van der Waals surface area contributed by atoms with Gasteiger partial charge >= 0.3 is 0 Å². The molecule has 3 nitrogen and oxygen atoms in total. The van der Waals surface area contributed by atoms with E-state index in [-0.39, 0.29) is 0 Å². The molecule has 0 spiro atoms. The average Bonchev–Trinajstić information content (AvgIpc) is 2.84. The van der Waals surface area contributed by atoms with Crippen molar-refractivity contribution in [3.8, 4) is 0 Å². The SMILES string of the molecule is CCCC1CCCCN1c1nc(C(C)C)c(C=O)s1. The molecule has 0 saturated carbocycles. The number of thiazole rings is 1. The van der Waals surface area contributed by atoms with Gasteiger partial charge in [0.15, 0.2) is 11.4 Å². The van der Waals surface area contributed by atoms with Crippen molar-refractivity contribution in [2.24, 2.45) is 0 Å². The van der Waals surface area contributed by atoms with Crippen molar-refractivity contribution in [1.82, 2.24) is 4.98 Å². The molecule has 1 unspecified atom stereocenters. The quantitative estimate of drug-likeness (QED) is 0.756. The molecule has 0 bridgehead atoms. The number of nitrogens with zero attached hydrogens (tertiary/aromatic N) is 2. The van der Waals surface area contributed by atoms with Gasteiger partial charge in [-0.25, -0.2) is 4.98 Å². The summed E-state index contributed by atoms with van der Waals surface area (Å²) in [7, 11) is 0. The zero-order valence-corrected chi connectivity index (χ0v) is 13.0. The van der Waals surface area contributed by atoms with E-state index in [0.717, 1.165) is 28.5 Å². The molecule has 0 aliphatic carbocycles. The van der Waals surface area contributed by atoms with Gasteiger partial charge in [-0.1, -0.05) is 38.5 Å². The number of aldehydes is 1. The number of aromatic nitrogens is 1. The van der Waals surface area contributed by atoms with Gasteiger partial charge in [0.05, 0.1) is 10.6 Å². The lowest BCUT2D eigenvalue weighted by Crippen LogP contribution is -2.39. The van der Waals surface area contributed by atoms with Crippen molar-refractivity contribution >= 4 is 22.8 Å². The second-order valence-electron chi connectivity index (χ2n) is 5.65. The first-order valence-electron chi connectivity index (χ1n) is 7.39. The van der Waals surface area contributed by atoms with Crippen LogP contribution in [-0.2, 0) is 0 Å². The van der Waals surface area contributed by atoms with Crippen LogP contribution in [0.15, 0.2) is 0 Å². The van der Waals surface area contributed by atoms with E-state index >= 15 is 0 Å². The fraction of sp³-hybridized carbons (Fsp3) is 0.733. The minimum absolute atomic E-state index is 0.319. The first kappa shape index (κ1) is 14.5. The van der Waals surface area contributed by atoms with Crippen LogP contribution in [0.5, 0.6) is 0 Å². The highest BCUT2D eigenvalue weighted by molar-refractivity contribution is 7.17. The van der Waals surface area contributed by atoms with Gasteiger partial charge < -0.3 is 4.90 Å². The predicted octanol–water partition coefficient (Wildman–Crippen LogP) is 4.24. The Morgan fingerprint density at radius 2 is 2.26 bits per heavy atom. The third-order valence-corrected chi connectivity index (χ3v) is 4.85. The number of piperidine rings is 1. The highest BCUT2D eigenvalue weighted by atomic mass is 32.1. The van der Waals surface area contributed by atoms with E-state index in [2.05, 4.69) is 25.7 Å². The summed E-state index contributed by atoms with van der Waals surface area (Å²) < 4.78 is 0. The van der Waals surface area contributed by atoms with Gasteiger partial charge in [0, 0.05) is 12.6 Å². The molecule has 19 heavy (non-hydrogen) atoms. The van der Waals surface area contributed by atoms with Gasteiger partial charge in [-0.3, -0.25) is 4.79 Å². The average molecular weight is 280 g/mol. The molecule has 0 aromatic carbocycles. The van der Waals surface area contributed by atoms with Crippen molar-refractivity contribution in [1.29, 1.82) is 0 Å². The number of hydrogen-bond acceptors (Lipinski definition) is 4. The first-order valence-corrected chi connectivity index (χ1v) is 8.21. The standard InChI is InChI=1S/C15H24N2OS/c1-4-7-12-8-5-6-9-17(12)15-16-14(11(2)3)13(10-18)19-15/h10-12H,4-9H2,1-3H3. The van der Waals surface area contributed by atoms with Crippen molar-refractivity contribution in [3.63, 3.8) is 0 Å².